The molecule has 0 aliphatic heterocycles. The summed E-state index contributed by atoms with van der Waals surface area (Å²) in [4.78, 5) is 14.7. The summed E-state index contributed by atoms with van der Waals surface area (Å²) in [6.45, 7) is 7.93. The Bertz CT molecular complexity index is 562. The van der Waals surface area contributed by atoms with E-state index in [2.05, 4.69) is 20.4 Å². The van der Waals surface area contributed by atoms with Gasteiger partial charge in [-0.15, -0.1) is 6.58 Å². The van der Waals surface area contributed by atoms with E-state index in [4.69, 9.17) is 9.47 Å². The lowest BCUT2D eigenvalue weighted by Crippen LogP contribution is -2.45. The minimum absolute atomic E-state index is 0.0475. The van der Waals surface area contributed by atoms with Gasteiger partial charge in [0.2, 0.25) is 0 Å². The highest BCUT2D eigenvalue weighted by molar-refractivity contribution is 5.78. The van der Waals surface area contributed by atoms with Gasteiger partial charge in [0, 0.05) is 12.1 Å². The van der Waals surface area contributed by atoms with Crippen molar-refractivity contribution in [1.29, 1.82) is 0 Å². The predicted molar refractivity (Wildman–Crippen MR) is 96.6 cm³/mol. The third-order valence-electron chi connectivity index (χ3n) is 4.52. The van der Waals surface area contributed by atoms with E-state index in [0.717, 1.165) is 24.8 Å². The van der Waals surface area contributed by atoms with E-state index >= 15 is 0 Å². The molecular weight excluding hydrogens is 302 g/mol. The number of nitrogens with zero attached hydrogens (tertiary/aromatic N) is 1. The minimum Gasteiger partial charge on any atom is -0.493 e. The molecule has 0 spiro atoms. The van der Waals surface area contributed by atoms with E-state index in [0.29, 0.717) is 17.5 Å². The molecule has 0 radical (unpaired) electrons. The normalized spacial score (nSPS) is 14.7. The average Bonchev–Trinajstić information content (AvgIpc) is 3.07. The Balaban J connectivity index is 2.02. The predicted octanol–water partition coefficient (Wildman–Crippen LogP) is 3.98. The van der Waals surface area contributed by atoms with Crippen LogP contribution in [-0.2, 0) is 11.2 Å². The molecule has 0 heterocycles. The molecule has 0 unspecified atom stereocenters. The van der Waals surface area contributed by atoms with Crippen molar-refractivity contribution in [2.75, 3.05) is 13.7 Å². The maximum atomic E-state index is 12.7. The van der Waals surface area contributed by atoms with Crippen LogP contribution in [0, 0.1) is 0 Å². The molecule has 1 saturated carbocycles. The van der Waals surface area contributed by atoms with Crippen molar-refractivity contribution >= 4 is 5.91 Å². The first-order chi connectivity index (χ1) is 11.6. The molecule has 0 saturated heterocycles. The Labute approximate surface area is 145 Å². The number of rotatable bonds is 8. The fraction of sp³-hybridized carbons (Fsp3) is 0.550. The second-order valence-corrected chi connectivity index (χ2v) is 6.60. The van der Waals surface area contributed by atoms with Crippen molar-refractivity contribution in [3.63, 3.8) is 0 Å². The van der Waals surface area contributed by atoms with Crippen LogP contribution in [0.15, 0.2) is 30.9 Å². The minimum atomic E-state index is 0.0475. The van der Waals surface area contributed by atoms with Gasteiger partial charge in [0.1, 0.15) is 0 Å². The molecule has 1 amide bonds. The van der Waals surface area contributed by atoms with Crippen LogP contribution in [0.1, 0.15) is 45.1 Å². The highest BCUT2D eigenvalue weighted by Gasteiger charge is 2.28. The molecule has 1 aliphatic rings. The van der Waals surface area contributed by atoms with Gasteiger partial charge >= 0.3 is 0 Å². The van der Waals surface area contributed by atoms with Crippen LogP contribution in [0.3, 0.4) is 0 Å². The standard InChI is InChI=1S/C20H29NO3/c1-5-8-16-11-12-18(19(13-16)23-4)24-14-20(22)21(15(2)3)17-9-6-7-10-17/h5,11-13,15,17H,1,6-10,14H2,2-4H3. The van der Waals surface area contributed by atoms with Crippen molar-refractivity contribution in [3.05, 3.63) is 36.4 Å². The quantitative estimate of drug-likeness (QED) is 0.676. The van der Waals surface area contributed by atoms with Crippen molar-refractivity contribution < 1.29 is 14.3 Å². The van der Waals surface area contributed by atoms with Crippen LogP contribution in [0.25, 0.3) is 0 Å². The van der Waals surface area contributed by atoms with Gasteiger partial charge in [-0.05, 0) is 50.8 Å². The van der Waals surface area contributed by atoms with E-state index in [9.17, 15) is 4.79 Å². The zero-order valence-electron chi connectivity index (χ0n) is 15.1. The molecule has 2 rings (SSSR count). The summed E-state index contributed by atoms with van der Waals surface area (Å²) in [5.41, 5.74) is 1.11. The van der Waals surface area contributed by atoms with Gasteiger partial charge in [0.15, 0.2) is 18.1 Å². The fourth-order valence-electron chi connectivity index (χ4n) is 3.43. The van der Waals surface area contributed by atoms with Crippen LogP contribution in [-0.4, -0.2) is 36.6 Å². The Morgan fingerprint density at radius 1 is 1.33 bits per heavy atom. The number of hydrogen-bond donors (Lipinski definition) is 0. The Morgan fingerprint density at radius 2 is 2.04 bits per heavy atom. The summed E-state index contributed by atoms with van der Waals surface area (Å²) in [7, 11) is 1.61. The molecular formula is C20H29NO3. The maximum Gasteiger partial charge on any atom is 0.260 e. The zero-order chi connectivity index (χ0) is 17.5. The van der Waals surface area contributed by atoms with E-state index in [1.165, 1.54) is 12.8 Å². The topological polar surface area (TPSA) is 38.8 Å². The number of benzene rings is 1. The first kappa shape index (κ1) is 18.4. The molecule has 1 aromatic carbocycles. The van der Waals surface area contributed by atoms with Gasteiger partial charge in [-0.1, -0.05) is 25.0 Å². The summed E-state index contributed by atoms with van der Waals surface area (Å²) in [6, 6.07) is 6.32. The first-order valence-electron chi connectivity index (χ1n) is 8.78. The Morgan fingerprint density at radius 3 is 2.62 bits per heavy atom. The molecule has 1 fully saturated rings. The molecule has 132 valence electrons. The largest absolute Gasteiger partial charge is 0.493 e. The van der Waals surface area contributed by atoms with Crippen LogP contribution in [0.4, 0.5) is 0 Å². The monoisotopic (exact) mass is 331 g/mol. The molecule has 1 aliphatic carbocycles. The molecule has 24 heavy (non-hydrogen) atoms. The molecule has 4 heteroatoms. The third kappa shape index (κ3) is 4.53. The fourth-order valence-corrected chi connectivity index (χ4v) is 3.43. The SMILES string of the molecule is C=CCc1ccc(OCC(=O)N(C(C)C)C2CCCC2)c(OC)c1. The molecule has 1 aromatic rings. The molecule has 0 aromatic heterocycles. The molecule has 4 nitrogen and oxygen atoms in total. The van der Waals surface area contributed by atoms with Crippen molar-refractivity contribution in [2.24, 2.45) is 0 Å². The van der Waals surface area contributed by atoms with Crippen molar-refractivity contribution in [2.45, 2.75) is 58.0 Å². The van der Waals surface area contributed by atoms with Gasteiger partial charge in [-0.2, -0.15) is 0 Å². The zero-order valence-corrected chi connectivity index (χ0v) is 15.1. The van der Waals surface area contributed by atoms with Crippen LogP contribution in [0.2, 0.25) is 0 Å². The number of carbonyl (C=O) groups excluding carboxylic acids is 1. The number of allylic oxidation sites excluding steroid dienone is 1. The summed E-state index contributed by atoms with van der Waals surface area (Å²) in [6.07, 6.45) is 7.24. The van der Waals surface area contributed by atoms with E-state index < -0.39 is 0 Å². The lowest BCUT2D eigenvalue weighted by Gasteiger charge is -2.32. The second kappa shape index (κ2) is 8.76. The average molecular weight is 331 g/mol. The van der Waals surface area contributed by atoms with E-state index in [-0.39, 0.29) is 18.6 Å². The van der Waals surface area contributed by atoms with Crippen molar-refractivity contribution in [1.82, 2.24) is 4.90 Å². The summed E-state index contributed by atoms with van der Waals surface area (Å²) in [5, 5.41) is 0. The van der Waals surface area contributed by atoms with Gasteiger partial charge in [-0.25, -0.2) is 0 Å². The Hall–Kier alpha value is -1.97. The van der Waals surface area contributed by atoms with E-state index in [1.54, 1.807) is 7.11 Å². The molecule has 0 bridgehead atoms. The van der Waals surface area contributed by atoms with Gasteiger partial charge in [0.05, 0.1) is 7.11 Å². The van der Waals surface area contributed by atoms with Gasteiger partial charge in [0.25, 0.3) is 5.91 Å². The number of hydrogen-bond acceptors (Lipinski definition) is 3. The molecule has 0 atom stereocenters. The second-order valence-electron chi connectivity index (χ2n) is 6.60. The molecule has 0 N–H and O–H groups in total. The Kier molecular flexibility index (Phi) is 6.71. The van der Waals surface area contributed by atoms with Gasteiger partial charge < -0.3 is 14.4 Å². The highest BCUT2D eigenvalue weighted by atomic mass is 16.5. The highest BCUT2D eigenvalue weighted by Crippen LogP contribution is 2.29. The lowest BCUT2D eigenvalue weighted by molar-refractivity contribution is -0.137. The first-order valence-corrected chi connectivity index (χ1v) is 8.78. The number of methoxy groups -OCH3 is 1. The number of amides is 1. The van der Waals surface area contributed by atoms with Crippen LogP contribution >= 0.6 is 0 Å². The smallest absolute Gasteiger partial charge is 0.260 e. The van der Waals surface area contributed by atoms with Crippen LogP contribution in [0.5, 0.6) is 11.5 Å². The summed E-state index contributed by atoms with van der Waals surface area (Å²) >= 11 is 0. The maximum absolute atomic E-state index is 12.7. The number of carbonyl (C=O) groups is 1. The number of ether oxygens (including phenoxy) is 2. The summed E-state index contributed by atoms with van der Waals surface area (Å²) in [5.74, 6) is 1.31. The van der Waals surface area contributed by atoms with E-state index in [1.807, 2.05) is 29.2 Å². The lowest BCUT2D eigenvalue weighted by atomic mass is 10.1. The van der Waals surface area contributed by atoms with Crippen molar-refractivity contribution in [3.8, 4) is 11.5 Å². The third-order valence-corrected chi connectivity index (χ3v) is 4.52. The summed E-state index contributed by atoms with van der Waals surface area (Å²) < 4.78 is 11.2. The van der Waals surface area contributed by atoms with Crippen LogP contribution < -0.4 is 9.47 Å². The van der Waals surface area contributed by atoms with Gasteiger partial charge in [-0.3, -0.25) is 4.79 Å².